The van der Waals surface area contributed by atoms with Gasteiger partial charge in [-0.15, -0.1) is 0 Å². The molecule has 3 nitrogen and oxygen atoms in total. The summed E-state index contributed by atoms with van der Waals surface area (Å²) in [5.74, 6) is 0. The van der Waals surface area contributed by atoms with E-state index in [0.29, 0.717) is 6.54 Å². The van der Waals surface area contributed by atoms with Crippen LogP contribution < -0.4 is 0 Å². The minimum absolute atomic E-state index is 0.595. The molecule has 2 rings (SSSR count). The lowest BCUT2D eigenvalue weighted by atomic mass is 10.3. The Morgan fingerprint density at radius 2 is 1.80 bits per heavy atom. The molecular formula is C12H11N3. The Morgan fingerprint density at radius 1 is 1.00 bits per heavy atom. The van der Waals surface area contributed by atoms with Gasteiger partial charge in [0, 0.05) is 18.6 Å². The van der Waals surface area contributed by atoms with E-state index in [-0.39, 0.29) is 0 Å². The van der Waals surface area contributed by atoms with Crippen molar-refractivity contribution >= 4 is 6.21 Å². The number of hydrogen-bond donors (Lipinski definition) is 0. The van der Waals surface area contributed by atoms with Gasteiger partial charge in [-0.2, -0.15) is 0 Å². The lowest BCUT2D eigenvalue weighted by Crippen LogP contribution is -1.88. The first kappa shape index (κ1) is 9.52. The maximum atomic E-state index is 4.26. The smallest absolute Gasteiger partial charge is 0.0812 e. The number of pyridine rings is 2. The van der Waals surface area contributed by atoms with Crippen molar-refractivity contribution in [2.75, 3.05) is 0 Å². The first-order valence-electron chi connectivity index (χ1n) is 4.76. The van der Waals surface area contributed by atoms with Gasteiger partial charge in [-0.05, 0) is 24.3 Å². The fourth-order valence-corrected chi connectivity index (χ4v) is 1.18. The summed E-state index contributed by atoms with van der Waals surface area (Å²) in [6.45, 7) is 0.595. The molecule has 0 aliphatic carbocycles. The van der Waals surface area contributed by atoms with E-state index in [1.807, 2.05) is 36.4 Å². The van der Waals surface area contributed by atoms with Gasteiger partial charge in [0.25, 0.3) is 0 Å². The van der Waals surface area contributed by atoms with Crippen molar-refractivity contribution in [2.24, 2.45) is 4.99 Å². The Bertz CT molecular complexity index is 423. The predicted molar refractivity (Wildman–Crippen MR) is 59.8 cm³/mol. The van der Waals surface area contributed by atoms with Crippen LogP contribution in [0.2, 0.25) is 0 Å². The van der Waals surface area contributed by atoms with Crippen LogP contribution in [-0.4, -0.2) is 16.2 Å². The predicted octanol–water partition coefficient (Wildman–Crippen LogP) is 2.10. The molecule has 0 bridgehead atoms. The van der Waals surface area contributed by atoms with E-state index in [2.05, 4.69) is 15.0 Å². The van der Waals surface area contributed by atoms with Crippen LogP contribution in [0.1, 0.15) is 11.4 Å². The highest BCUT2D eigenvalue weighted by molar-refractivity contribution is 5.76. The fourth-order valence-electron chi connectivity index (χ4n) is 1.18. The molecule has 0 radical (unpaired) electrons. The first-order chi connectivity index (χ1) is 7.45. The van der Waals surface area contributed by atoms with E-state index < -0.39 is 0 Å². The van der Waals surface area contributed by atoms with Crippen LogP contribution in [0.4, 0.5) is 0 Å². The maximum Gasteiger partial charge on any atom is 0.0812 e. The maximum absolute atomic E-state index is 4.26. The number of nitrogens with zero attached hydrogens (tertiary/aromatic N) is 3. The van der Waals surface area contributed by atoms with E-state index >= 15 is 0 Å². The number of aromatic nitrogens is 2. The summed E-state index contributed by atoms with van der Waals surface area (Å²) in [5.41, 5.74) is 1.83. The lowest BCUT2D eigenvalue weighted by Gasteiger charge is -1.93. The highest BCUT2D eigenvalue weighted by atomic mass is 14.8. The molecule has 2 heterocycles. The molecular weight excluding hydrogens is 186 g/mol. The third-order valence-electron chi connectivity index (χ3n) is 1.89. The zero-order valence-electron chi connectivity index (χ0n) is 8.24. The molecule has 3 heteroatoms. The van der Waals surface area contributed by atoms with Crippen molar-refractivity contribution in [1.29, 1.82) is 0 Å². The molecule has 0 atom stereocenters. The Hall–Kier alpha value is -2.03. The van der Waals surface area contributed by atoms with Gasteiger partial charge >= 0.3 is 0 Å². The number of aliphatic imine (C=N–C) groups is 1. The van der Waals surface area contributed by atoms with Gasteiger partial charge in [0.2, 0.25) is 0 Å². The van der Waals surface area contributed by atoms with Crippen LogP contribution in [0.5, 0.6) is 0 Å². The van der Waals surface area contributed by atoms with Gasteiger partial charge in [0.15, 0.2) is 0 Å². The standard InChI is InChI=1S/C12H11N3/c1-3-7-14-11(5-1)9-13-10-12-6-2-4-8-15-12/h1-9H,10H2/b13-9+. The van der Waals surface area contributed by atoms with E-state index in [0.717, 1.165) is 11.4 Å². The molecule has 74 valence electrons. The topological polar surface area (TPSA) is 38.1 Å². The van der Waals surface area contributed by atoms with Crippen molar-refractivity contribution in [3.05, 3.63) is 60.2 Å². The Morgan fingerprint density at radius 3 is 2.47 bits per heavy atom. The van der Waals surface area contributed by atoms with Crippen LogP contribution >= 0.6 is 0 Å². The molecule has 15 heavy (non-hydrogen) atoms. The van der Waals surface area contributed by atoms with E-state index in [1.54, 1.807) is 18.6 Å². The van der Waals surface area contributed by atoms with Crippen LogP contribution in [0.15, 0.2) is 53.8 Å². The zero-order chi connectivity index (χ0) is 10.3. The van der Waals surface area contributed by atoms with Crippen LogP contribution in [-0.2, 0) is 6.54 Å². The SMILES string of the molecule is C(=N\Cc1ccccn1)/c1ccccn1. The molecule has 2 aromatic heterocycles. The van der Waals surface area contributed by atoms with Crippen molar-refractivity contribution in [2.45, 2.75) is 6.54 Å². The van der Waals surface area contributed by atoms with Gasteiger partial charge in [0.05, 0.1) is 17.9 Å². The highest BCUT2D eigenvalue weighted by Crippen LogP contribution is 1.96. The summed E-state index contributed by atoms with van der Waals surface area (Å²) in [4.78, 5) is 12.6. The van der Waals surface area contributed by atoms with E-state index in [1.165, 1.54) is 0 Å². The number of rotatable bonds is 3. The van der Waals surface area contributed by atoms with Gasteiger partial charge < -0.3 is 0 Å². The summed E-state index contributed by atoms with van der Waals surface area (Å²) < 4.78 is 0. The van der Waals surface area contributed by atoms with Crippen molar-refractivity contribution in [1.82, 2.24) is 9.97 Å². The second-order valence-electron chi connectivity index (χ2n) is 3.05. The molecule has 0 aliphatic heterocycles. The summed E-state index contributed by atoms with van der Waals surface area (Å²) in [7, 11) is 0. The van der Waals surface area contributed by atoms with Crippen LogP contribution in [0.25, 0.3) is 0 Å². The monoisotopic (exact) mass is 197 g/mol. The Labute approximate surface area is 88.6 Å². The minimum Gasteiger partial charge on any atom is -0.285 e. The quantitative estimate of drug-likeness (QED) is 0.707. The molecule has 0 spiro atoms. The Kier molecular flexibility index (Phi) is 3.18. The average molecular weight is 197 g/mol. The molecule has 0 fully saturated rings. The highest BCUT2D eigenvalue weighted by Gasteiger charge is 1.89. The molecule has 0 saturated carbocycles. The summed E-state index contributed by atoms with van der Waals surface area (Å²) in [5, 5.41) is 0. The van der Waals surface area contributed by atoms with E-state index in [9.17, 15) is 0 Å². The normalized spacial score (nSPS) is 10.7. The molecule has 0 aliphatic rings. The van der Waals surface area contributed by atoms with Crippen molar-refractivity contribution < 1.29 is 0 Å². The average Bonchev–Trinajstić information content (AvgIpc) is 2.32. The van der Waals surface area contributed by atoms with Crippen LogP contribution in [0, 0.1) is 0 Å². The van der Waals surface area contributed by atoms with Crippen LogP contribution in [0.3, 0.4) is 0 Å². The minimum atomic E-state index is 0.595. The summed E-state index contributed by atoms with van der Waals surface area (Å²) in [6.07, 6.45) is 5.28. The van der Waals surface area contributed by atoms with Gasteiger partial charge in [-0.3, -0.25) is 15.0 Å². The lowest BCUT2D eigenvalue weighted by molar-refractivity contribution is 0.994. The molecule has 0 amide bonds. The van der Waals surface area contributed by atoms with Crippen molar-refractivity contribution in [3.63, 3.8) is 0 Å². The number of hydrogen-bond acceptors (Lipinski definition) is 3. The largest absolute Gasteiger partial charge is 0.285 e. The summed E-state index contributed by atoms with van der Waals surface area (Å²) in [6, 6.07) is 11.5. The molecule has 0 unspecified atom stereocenters. The third-order valence-corrected chi connectivity index (χ3v) is 1.89. The van der Waals surface area contributed by atoms with Crippen molar-refractivity contribution in [3.8, 4) is 0 Å². The van der Waals surface area contributed by atoms with Gasteiger partial charge in [0.1, 0.15) is 0 Å². The Balaban J connectivity index is 1.97. The third kappa shape index (κ3) is 2.98. The molecule has 0 saturated heterocycles. The first-order valence-corrected chi connectivity index (χ1v) is 4.76. The summed E-state index contributed by atoms with van der Waals surface area (Å²) >= 11 is 0. The second-order valence-corrected chi connectivity index (χ2v) is 3.05. The fraction of sp³-hybridized carbons (Fsp3) is 0.0833. The zero-order valence-corrected chi connectivity index (χ0v) is 8.24. The van der Waals surface area contributed by atoms with Gasteiger partial charge in [-0.25, -0.2) is 0 Å². The second kappa shape index (κ2) is 5.00. The molecule has 2 aromatic rings. The molecule has 0 N–H and O–H groups in total. The van der Waals surface area contributed by atoms with E-state index in [4.69, 9.17) is 0 Å². The molecule has 0 aromatic carbocycles. The van der Waals surface area contributed by atoms with Gasteiger partial charge in [-0.1, -0.05) is 12.1 Å².